The maximum Gasteiger partial charge on any atom is 0.0541 e. The monoisotopic (exact) mass is 778 g/mol. The van der Waals surface area contributed by atoms with Crippen LogP contribution in [0.15, 0.2) is 218 Å². The van der Waals surface area contributed by atoms with E-state index in [0.717, 1.165) is 22.7 Å². The van der Waals surface area contributed by atoms with Gasteiger partial charge in [0, 0.05) is 38.9 Å². The summed E-state index contributed by atoms with van der Waals surface area (Å²) < 4.78 is 2.39. The molecule has 0 aliphatic heterocycles. The van der Waals surface area contributed by atoms with Gasteiger partial charge in [-0.15, -0.1) is 0 Å². The first-order chi connectivity index (χ1) is 30.0. The molecule has 10 aromatic carbocycles. The molecule has 0 N–H and O–H groups in total. The zero-order chi connectivity index (χ0) is 40.7. The summed E-state index contributed by atoms with van der Waals surface area (Å²) in [5, 5.41) is 7.62. The first-order valence-electron chi connectivity index (χ1n) is 21.3. The maximum atomic E-state index is 2.43. The zero-order valence-electron chi connectivity index (χ0n) is 34.2. The van der Waals surface area contributed by atoms with Crippen LogP contribution in [-0.4, -0.2) is 4.57 Å². The van der Waals surface area contributed by atoms with E-state index in [1.54, 1.807) is 0 Å². The standard InChI is InChI=1S/C59H42N2/c1-59(2)55-37-42(39-13-4-3-5-14-39)26-35-51(55)52-36-33-46(38-56(52)59)60(44-29-31-45(32-30-44)61-57-21-10-8-17-53(57)54-18-9-11-22-58(54)61)43-27-23-41(24-28-43)48-19-12-20-49-47-16-7-6-15-40(47)25-34-50(48)49/h3-38H,1-2H3. The second kappa shape index (κ2) is 13.7. The van der Waals surface area contributed by atoms with Crippen LogP contribution in [0.2, 0.25) is 0 Å². The number of rotatable bonds is 6. The Hall–Kier alpha value is -7.68. The molecular formula is C59H42N2. The van der Waals surface area contributed by atoms with Gasteiger partial charge in [-0.3, -0.25) is 0 Å². The Morgan fingerprint density at radius 2 is 0.902 bits per heavy atom. The van der Waals surface area contributed by atoms with E-state index in [1.807, 2.05) is 0 Å². The van der Waals surface area contributed by atoms with Crippen LogP contribution in [0.3, 0.4) is 0 Å². The molecule has 11 aromatic rings. The summed E-state index contributed by atoms with van der Waals surface area (Å²) in [5.74, 6) is 0. The van der Waals surface area contributed by atoms with Gasteiger partial charge in [0.25, 0.3) is 0 Å². The van der Waals surface area contributed by atoms with Crippen LogP contribution in [0.25, 0.3) is 82.4 Å². The van der Waals surface area contributed by atoms with Gasteiger partial charge in [-0.1, -0.05) is 166 Å². The molecule has 0 saturated heterocycles. The van der Waals surface area contributed by atoms with Crippen molar-refractivity contribution in [1.29, 1.82) is 0 Å². The van der Waals surface area contributed by atoms with E-state index in [9.17, 15) is 0 Å². The molecule has 2 heteroatoms. The predicted octanol–water partition coefficient (Wildman–Crippen LogP) is 16.2. The van der Waals surface area contributed by atoms with Gasteiger partial charge in [0.05, 0.1) is 11.0 Å². The van der Waals surface area contributed by atoms with Crippen LogP contribution in [0.1, 0.15) is 25.0 Å². The smallest absolute Gasteiger partial charge is 0.0541 e. The van der Waals surface area contributed by atoms with Crippen LogP contribution in [0.4, 0.5) is 17.1 Å². The normalized spacial score (nSPS) is 12.9. The lowest BCUT2D eigenvalue weighted by Gasteiger charge is -2.28. The lowest BCUT2D eigenvalue weighted by atomic mass is 9.81. The van der Waals surface area contributed by atoms with E-state index in [-0.39, 0.29) is 5.41 Å². The Balaban J connectivity index is 0.984. The Bertz CT molecular complexity index is 3430. The van der Waals surface area contributed by atoms with Crippen molar-refractivity contribution in [2.24, 2.45) is 0 Å². The van der Waals surface area contributed by atoms with Gasteiger partial charge < -0.3 is 9.47 Å². The average molecular weight is 779 g/mol. The SMILES string of the molecule is CC1(C)c2cc(-c3ccccc3)ccc2-c2ccc(N(c3ccc(-c4cccc5c4ccc4ccccc45)cc3)c3ccc(-n4c5ccccc5c5ccccc54)cc3)cc21. The van der Waals surface area contributed by atoms with E-state index in [4.69, 9.17) is 0 Å². The molecule has 1 aliphatic rings. The molecule has 1 heterocycles. The van der Waals surface area contributed by atoms with Crippen molar-refractivity contribution in [1.82, 2.24) is 4.57 Å². The minimum absolute atomic E-state index is 0.181. The molecule has 0 saturated carbocycles. The first-order valence-corrected chi connectivity index (χ1v) is 21.3. The summed E-state index contributed by atoms with van der Waals surface area (Å²) >= 11 is 0. The number of aromatic nitrogens is 1. The van der Waals surface area contributed by atoms with Gasteiger partial charge in [0.2, 0.25) is 0 Å². The van der Waals surface area contributed by atoms with Crippen molar-refractivity contribution in [3.63, 3.8) is 0 Å². The number of anilines is 3. The fourth-order valence-corrected chi connectivity index (χ4v) is 10.2. The molecule has 0 spiro atoms. The van der Waals surface area contributed by atoms with Crippen LogP contribution in [-0.2, 0) is 5.41 Å². The number of para-hydroxylation sites is 2. The van der Waals surface area contributed by atoms with E-state index in [2.05, 4.69) is 242 Å². The van der Waals surface area contributed by atoms with Gasteiger partial charge in [0.15, 0.2) is 0 Å². The molecule has 1 aliphatic carbocycles. The van der Waals surface area contributed by atoms with Crippen molar-refractivity contribution in [2.75, 3.05) is 4.90 Å². The summed E-state index contributed by atoms with van der Waals surface area (Å²) in [7, 11) is 0. The Kier molecular flexibility index (Phi) is 7.92. The topological polar surface area (TPSA) is 8.17 Å². The van der Waals surface area contributed by atoms with Crippen LogP contribution >= 0.6 is 0 Å². The van der Waals surface area contributed by atoms with Gasteiger partial charge in [-0.25, -0.2) is 0 Å². The largest absolute Gasteiger partial charge is 0.310 e. The molecule has 12 rings (SSSR count). The first kappa shape index (κ1) is 35.3. The molecule has 0 fully saturated rings. The fraction of sp³-hybridized carbons (Fsp3) is 0.0508. The third kappa shape index (κ3) is 5.56. The van der Waals surface area contributed by atoms with E-state index in [0.29, 0.717) is 0 Å². The van der Waals surface area contributed by atoms with Gasteiger partial charge >= 0.3 is 0 Å². The summed E-state index contributed by atoms with van der Waals surface area (Å²) in [4.78, 5) is 2.42. The quantitative estimate of drug-likeness (QED) is 0.153. The van der Waals surface area contributed by atoms with Crippen LogP contribution in [0, 0.1) is 0 Å². The second-order valence-corrected chi connectivity index (χ2v) is 16.9. The third-order valence-corrected chi connectivity index (χ3v) is 13.2. The van der Waals surface area contributed by atoms with Crippen LogP contribution < -0.4 is 4.90 Å². The van der Waals surface area contributed by atoms with Gasteiger partial charge in [0.1, 0.15) is 0 Å². The van der Waals surface area contributed by atoms with E-state index in [1.165, 1.54) is 87.9 Å². The summed E-state index contributed by atoms with van der Waals surface area (Å²) in [5.41, 5.74) is 17.0. The van der Waals surface area contributed by atoms with Crippen molar-refractivity contribution in [3.05, 3.63) is 230 Å². The lowest BCUT2D eigenvalue weighted by Crippen LogP contribution is -2.16. The van der Waals surface area contributed by atoms with Crippen molar-refractivity contribution >= 4 is 60.4 Å². The molecule has 0 amide bonds. The number of benzene rings is 10. The fourth-order valence-electron chi connectivity index (χ4n) is 10.2. The summed E-state index contributed by atoms with van der Waals surface area (Å²) in [6, 6.07) is 80.4. The predicted molar refractivity (Wildman–Crippen MR) is 259 cm³/mol. The lowest BCUT2D eigenvalue weighted by molar-refractivity contribution is 0.660. The Labute approximate surface area is 356 Å². The maximum absolute atomic E-state index is 2.43. The van der Waals surface area contributed by atoms with Crippen molar-refractivity contribution in [2.45, 2.75) is 19.3 Å². The Morgan fingerprint density at radius 3 is 1.62 bits per heavy atom. The summed E-state index contributed by atoms with van der Waals surface area (Å²) in [6.45, 7) is 4.76. The average Bonchev–Trinajstić information content (AvgIpc) is 3.77. The van der Waals surface area contributed by atoms with Gasteiger partial charge in [-0.05, 0) is 133 Å². The molecule has 0 unspecified atom stereocenters. The van der Waals surface area contributed by atoms with E-state index < -0.39 is 0 Å². The number of hydrogen-bond acceptors (Lipinski definition) is 1. The number of fused-ring (bicyclic) bond motifs is 9. The number of nitrogens with zero attached hydrogens (tertiary/aromatic N) is 2. The number of hydrogen-bond donors (Lipinski definition) is 0. The molecule has 0 atom stereocenters. The highest BCUT2D eigenvalue weighted by molar-refractivity contribution is 6.12. The van der Waals surface area contributed by atoms with E-state index >= 15 is 0 Å². The Morgan fingerprint density at radius 1 is 0.344 bits per heavy atom. The van der Waals surface area contributed by atoms with Gasteiger partial charge in [-0.2, -0.15) is 0 Å². The third-order valence-electron chi connectivity index (χ3n) is 13.2. The minimum atomic E-state index is -0.181. The molecule has 0 radical (unpaired) electrons. The molecule has 0 bridgehead atoms. The highest BCUT2D eigenvalue weighted by atomic mass is 15.1. The van der Waals surface area contributed by atoms with Crippen molar-refractivity contribution in [3.8, 4) is 39.1 Å². The molecule has 288 valence electrons. The minimum Gasteiger partial charge on any atom is -0.310 e. The molecular weight excluding hydrogens is 737 g/mol. The highest BCUT2D eigenvalue weighted by Gasteiger charge is 2.36. The molecule has 2 nitrogen and oxygen atoms in total. The van der Waals surface area contributed by atoms with Crippen LogP contribution in [0.5, 0.6) is 0 Å². The highest BCUT2D eigenvalue weighted by Crippen LogP contribution is 2.52. The molecule has 1 aromatic heterocycles. The second-order valence-electron chi connectivity index (χ2n) is 16.9. The zero-order valence-corrected chi connectivity index (χ0v) is 34.2. The summed E-state index contributed by atoms with van der Waals surface area (Å²) in [6.07, 6.45) is 0. The molecule has 61 heavy (non-hydrogen) atoms. The van der Waals surface area contributed by atoms with Crippen molar-refractivity contribution < 1.29 is 0 Å².